The van der Waals surface area contributed by atoms with Crippen molar-refractivity contribution in [3.63, 3.8) is 0 Å². The Morgan fingerprint density at radius 1 is 1.38 bits per heavy atom. The molecule has 2 aromatic heterocycles. The van der Waals surface area contributed by atoms with Crippen molar-refractivity contribution >= 4 is 23.0 Å². The van der Waals surface area contributed by atoms with E-state index in [1.165, 1.54) is 23.5 Å². The van der Waals surface area contributed by atoms with E-state index in [1.54, 1.807) is 22.3 Å². The number of aromatic nitrogens is 3. The van der Waals surface area contributed by atoms with Crippen molar-refractivity contribution in [3.8, 4) is 17.3 Å². The van der Waals surface area contributed by atoms with Gasteiger partial charge in [0.1, 0.15) is 22.7 Å². The zero-order valence-corrected chi connectivity index (χ0v) is 13.7. The number of allylic oxidation sites excluding steroid dienone is 1. The lowest BCUT2D eigenvalue weighted by molar-refractivity contribution is 0.585. The Kier molecular flexibility index (Phi) is 4.23. The van der Waals surface area contributed by atoms with Gasteiger partial charge in [0.05, 0.1) is 17.5 Å². The summed E-state index contributed by atoms with van der Waals surface area (Å²) in [4.78, 5) is 4.31. The molecule has 0 aliphatic heterocycles. The van der Waals surface area contributed by atoms with Crippen LogP contribution in [0.2, 0.25) is 0 Å². The molecule has 0 N–H and O–H groups in total. The molecule has 7 heteroatoms. The van der Waals surface area contributed by atoms with E-state index in [0.717, 1.165) is 17.3 Å². The van der Waals surface area contributed by atoms with E-state index in [9.17, 15) is 14.0 Å². The highest BCUT2D eigenvalue weighted by Gasteiger charge is 2.13. The van der Waals surface area contributed by atoms with E-state index in [2.05, 4.69) is 16.2 Å². The molecule has 0 saturated heterocycles. The molecule has 3 rings (SSSR count). The first-order chi connectivity index (χ1) is 11.5. The molecule has 0 atom stereocenters. The van der Waals surface area contributed by atoms with Crippen molar-refractivity contribution in [2.24, 2.45) is 7.05 Å². The summed E-state index contributed by atoms with van der Waals surface area (Å²) in [6.45, 7) is 1.90. The van der Waals surface area contributed by atoms with Gasteiger partial charge in [-0.25, -0.2) is 13.8 Å². The highest BCUT2D eigenvalue weighted by atomic mass is 32.1. The summed E-state index contributed by atoms with van der Waals surface area (Å²) in [5, 5.41) is 15.7. The Hall–Kier alpha value is -2.85. The maximum Gasteiger partial charge on any atom is 0.135 e. The molecule has 0 aliphatic rings. The van der Waals surface area contributed by atoms with Crippen LogP contribution in [0.3, 0.4) is 0 Å². The van der Waals surface area contributed by atoms with Crippen LogP contribution in [0.1, 0.15) is 16.3 Å². The van der Waals surface area contributed by atoms with Crippen LogP contribution in [-0.4, -0.2) is 14.8 Å². The minimum atomic E-state index is -0.683. The second kappa shape index (κ2) is 6.34. The number of hydrogen-bond donors (Lipinski definition) is 0. The van der Waals surface area contributed by atoms with E-state index in [1.807, 2.05) is 14.0 Å². The number of nitrogens with zero attached hydrogens (tertiary/aromatic N) is 4. The van der Waals surface area contributed by atoms with E-state index in [4.69, 9.17) is 0 Å². The molecule has 0 bridgehead atoms. The van der Waals surface area contributed by atoms with E-state index in [-0.39, 0.29) is 5.56 Å². The van der Waals surface area contributed by atoms with E-state index in [0.29, 0.717) is 16.3 Å². The molecule has 0 unspecified atom stereocenters. The molecule has 0 fully saturated rings. The molecule has 4 nitrogen and oxygen atoms in total. The minimum Gasteiger partial charge on any atom is -0.272 e. The normalized spacial score (nSPS) is 11.5. The number of aryl methyl sites for hydroxylation is 1. The Morgan fingerprint density at radius 3 is 2.79 bits per heavy atom. The highest BCUT2D eigenvalue weighted by molar-refractivity contribution is 7.11. The van der Waals surface area contributed by atoms with Gasteiger partial charge in [0.25, 0.3) is 0 Å². The van der Waals surface area contributed by atoms with Crippen LogP contribution >= 0.6 is 11.3 Å². The zero-order chi connectivity index (χ0) is 17.3. The van der Waals surface area contributed by atoms with Crippen LogP contribution in [0, 0.1) is 29.9 Å². The second-order valence-corrected chi connectivity index (χ2v) is 6.00. The fourth-order valence-electron chi connectivity index (χ4n) is 2.17. The van der Waals surface area contributed by atoms with Crippen molar-refractivity contribution in [1.82, 2.24) is 14.8 Å². The molecule has 3 aromatic rings. The van der Waals surface area contributed by atoms with Crippen molar-refractivity contribution in [1.29, 1.82) is 5.26 Å². The van der Waals surface area contributed by atoms with Crippen LogP contribution in [-0.2, 0) is 7.05 Å². The fourth-order valence-corrected chi connectivity index (χ4v) is 2.96. The molecule has 0 amide bonds. The predicted octanol–water partition coefficient (Wildman–Crippen LogP) is 4.19. The third-order valence-corrected chi connectivity index (χ3v) is 4.51. The molecule has 0 radical (unpaired) electrons. The number of benzene rings is 1. The quantitative estimate of drug-likeness (QED) is 0.671. The summed E-state index contributed by atoms with van der Waals surface area (Å²) in [6, 6.07) is 5.44. The van der Waals surface area contributed by atoms with Gasteiger partial charge in [0.2, 0.25) is 0 Å². The summed E-state index contributed by atoms with van der Waals surface area (Å²) in [6.07, 6.45) is 3.37. The number of thiazole rings is 1. The number of rotatable bonds is 3. The third kappa shape index (κ3) is 2.96. The summed E-state index contributed by atoms with van der Waals surface area (Å²) in [7, 11) is 1.82. The van der Waals surface area contributed by atoms with Gasteiger partial charge in [-0.3, -0.25) is 4.68 Å². The monoisotopic (exact) mass is 342 g/mol. The summed E-state index contributed by atoms with van der Waals surface area (Å²) < 4.78 is 28.6. The lowest BCUT2D eigenvalue weighted by atomic mass is 10.1. The minimum absolute atomic E-state index is 0.203. The molecule has 0 spiro atoms. The topological polar surface area (TPSA) is 54.5 Å². The molecular weight excluding hydrogens is 330 g/mol. The molecule has 0 aliphatic carbocycles. The fraction of sp³-hybridized carbons (Fsp3) is 0.118. The molecule has 120 valence electrons. The molecule has 0 saturated carbocycles. The van der Waals surface area contributed by atoms with Crippen LogP contribution in [0.5, 0.6) is 0 Å². The van der Waals surface area contributed by atoms with E-state index < -0.39 is 11.6 Å². The van der Waals surface area contributed by atoms with Gasteiger partial charge in [-0.2, -0.15) is 10.4 Å². The highest BCUT2D eigenvalue weighted by Crippen LogP contribution is 2.29. The van der Waals surface area contributed by atoms with E-state index >= 15 is 0 Å². The van der Waals surface area contributed by atoms with Crippen molar-refractivity contribution in [2.75, 3.05) is 0 Å². The molecular formula is C17H12F2N4S. The van der Waals surface area contributed by atoms with Gasteiger partial charge in [-0.15, -0.1) is 11.3 Å². The van der Waals surface area contributed by atoms with Crippen LogP contribution in [0.15, 0.2) is 29.8 Å². The lowest BCUT2D eigenvalue weighted by Crippen LogP contribution is -1.92. The Bertz CT molecular complexity index is 979. The van der Waals surface area contributed by atoms with Crippen molar-refractivity contribution in [2.45, 2.75) is 6.92 Å². The zero-order valence-electron chi connectivity index (χ0n) is 12.9. The summed E-state index contributed by atoms with van der Waals surface area (Å²) in [5.74, 6) is -1.33. The molecule has 1 aromatic carbocycles. The summed E-state index contributed by atoms with van der Waals surface area (Å²) in [5.41, 5.74) is 2.68. The first-order valence-electron chi connectivity index (χ1n) is 7.01. The number of hydrogen-bond acceptors (Lipinski definition) is 4. The SMILES string of the molecule is Cc1c(C=C(C#N)c2nc(-c3ccc(F)cc3F)cs2)cnn1C. The van der Waals surface area contributed by atoms with Crippen LogP contribution in [0.4, 0.5) is 8.78 Å². The smallest absolute Gasteiger partial charge is 0.135 e. The second-order valence-electron chi connectivity index (χ2n) is 5.14. The van der Waals surface area contributed by atoms with Gasteiger partial charge >= 0.3 is 0 Å². The van der Waals surface area contributed by atoms with Crippen LogP contribution in [0.25, 0.3) is 22.9 Å². The van der Waals surface area contributed by atoms with Crippen molar-refractivity contribution < 1.29 is 8.78 Å². The lowest BCUT2D eigenvalue weighted by Gasteiger charge is -1.99. The molecule has 24 heavy (non-hydrogen) atoms. The predicted molar refractivity (Wildman–Crippen MR) is 88.9 cm³/mol. The number of nitriles is 1. The Balaban J connectivity index is 1.99. The summed E-state index contributed by atoms with van der Waals surface area (Å²) >= 11 is 1.23. The maximum atomic E-state index is 13.9. The molecule has 2 heterocycles. The number of halogens is 2. The standard InChI is InChI=1S/C17H12F2N4S/c1-10-12(8-21-23(10)2)5-11(7-20)17-22-16(9-24-17)14-4-3-13(18)6-15(14)19/h3-6,8-9H,1-2H3. The third-order valence-electron chi connectivity index (χ3n) is 3.64. The largest absolute Gasteiger partial charge is 0.272 e. The maximum absolute atomic E-state index is 13.9. The first-order valence-corrected chi connectivity index (χ1v) is 7.89. The Labute approximate surface area is 141 Å². The average Bonchev–Trinajstić information content (AvgIpc) is 3.14. The average molecular weight is 342 g/mol. The van der Waals surface area contributed by atoms with Crippen molar-refractivity contribution in [3.05, 3.63) is 57.7 Å². The Morgan fingerprint density at radius 2 is 2.17 bits per heavy atom. The van der Waals surface area contributed by atoms with Gasteiger partial charge < -0.3 is 0 Å². The van der Waals surface area contributed by atoms with Gasteiger partial charge in [-0.1, -0.05) is 0 Å². The van der Waals surface area contributed by atoms with Gasteiger partial charge in [-0.05, 0) is 25.1 Å². The first kappa shape index (κ1) is 16.0. The van der Waals surface area contributed by atoms with Gasteiger partial charge in [0, 0.05) is 35.3 Å². The van der Waals surface area contributed by atoms with Crippen LogP contribution < -0.4 is 0 Å². The van der Waals surface area contributed by atoms with Gasteiger partial charge in [0.15, 0.2) is 0 Å².